The summed E-state index contributed by atoms with van der Waals surface area (Å²) in [5.41, 5.74) is 5.09. The Morgan fingerprint density at radius 3 is 2.45 bits per heavy atom. The molecule has 0 unspecified atom stereocenters. The normalized spacial score (nSPS) is 11.4. The fourth-order valence-electron chi connectivity index (χ4n) is 1.39. The summed E-state index contributed by atoms with van der Waals surface area (Å²) in [5.74, 6) is 0.159. The van der Waals surface area contributed by atoms with Gasteiger partial charge >= 0.3 is 6.18 Å². The molecule has 20 heavy (non-hydrogen) atoms. The van der Waals surface area contributed by atoms with E-state index in [0.29, 0.717) is 0 Å². The monoisotopic (exact) mass is 322 g/mol. The predicted octanol–water partition coefficient (Wildman–Crippen LogP) is 4.13. The van der Waals surface area contributed by atoms with Gasteiger partial charge in [0.15, 0.2) is 11.0 Å². The molecular formula is C11H7Cl2F3N4. The molecule has 1 aromatic carbocycles. The predicted molar refractivity (Wildman–Crippen MR) is 71.2 cm³/mol. The highest BCUT2D eigenvalue weighted by molar-refractivity contribution is 6.34. The summed E-state index contributed by atoms with van der Waals surface area (Å²) in [6.45, 7) is 0. The van der Waals surface area contributed by atoms with Crippen LogP contribution in [0.2, 0.25) is 10.2 Å². The highest BCUT2D eigenvalue weighted by atomic mass is 35.5. The van der Waals surface area contributed by atoms with Gasteiger partial charge < -0.3 is 11.1 Å². The number of nitrogens with two attached hydrogens (primary N) is 1. The SMILES string of the molecule is Nc1c(Cl)ncnc1Nc1ccc(C(F)(F)F)cc1Cl. The van der Waals surface area contributed by atoms with E-state index in [1.54, 1.807) is 0 Å². The molecule has 0 aliphatic rings. The lowest BCUT2D eigenvalue weighted by atomic mass is 10.2. The molecule has 2 aromatic rings. The Bertz CT molecular complexity index is 646. The van der Waals surface area contributed by atoms with E-state index in [1.165, 1.54) is 12.4 Å². The minimum atomic E-state index is -4.46. The van der Waals surface area contributed by atoms with Gasteiger partial charge in [0.2, 0.25) is 0 Å². The maximum absolute atomic E-state index is 12.5. The van der Waals surface area contributed by atoms with E-state index >= 15 is 0 Å². The molecule has 0 amide bonds. The minimum Gasteiger partial charge on any atom is -0.393 e. The Hall–Kier alpha value is -1.73. The average molecular weight is 323 g/mol. The third kappa shape index (κ3) is 3.05. The van der Waals surface area contributed by atoms with E-state index in [1.807, 2.05) is 0 Å². The number of aromatic nitrogens is 2. The molecule has 106 valence electrons. The van der Waals surface area contributed by atoms with Gasteiger partial charge in [-0.15, -0.1) is 0 Å². The zero-order chi connectivity index (χ0) is 14.9. The standard InChI is InChI=1S/C11H7Cl2F3N4/c12-6-3-5(11(14,15)16)1-2-7(6)20-10-8(17)9(13)18-4-19-10/h1-4H,17H2,(H,18,19,20). The van der Waals surface area contributed by atoms with Crippen molar-refractivity contribution in [3.05, 3.63) is 40.3 Å². The van der Waals surface area contributed by atoms with Crippen LogP contribution in [0, 0.1) is 0 Å². The highest BCUT2D eigenvalue weighted by Gasteiger charge is 2.30. The van der Waals surface area contributed by atoms with Crippen molar-refractivity contribution in [2.75, 3.05) is 11.1 Å². The number of halogens is 5. The first-order valence-corrected chi connectivity index (χ1v) is 5.94. The van der Waals surface area contributed by atoms with E-state index in [4.69, 9.17) is 28.9 Å². The summed E-state index contributed by atoms with van der Waals surface area (Å²) >= 11 is 11.5. The highest BCUT2D eigenvalue weighted by Crippen LogP contribution is 2.35. The van der Waals surface area contributed by atoms with Crippen molar-refractivity contribution in [1.29, 1.82) is 0 Å². The van der Waals surface area contributed by atoms with Gasteiger partial charge in [-0.2, -0.15) is 13.2 Å². The number of hydrogen-bond acceptors (Lipinski definition) is 4. The van der Waals surface area contributed by atoms with Gasteiger partial charge in [0.1, 0.15) is 12.0 Å². The van der Waals surface area contributed by atoms with Gasteiger partial charge in [-0.3, -0.25) is 0 Å². The number of rotatable bonds is 2. The molecule has 0 saturated heterocycles. The van der Waals surface area contributed by atoms with Gasteiger partial charge in [0, 0.05) is 0 Å². The van der Waals surface area contributed by atoms with Crippen LogP contribution in [0.5, 0.6) is 0 Å². The van der Waals surface area contributed by atoms with Gasteiger partial charge in [-0.1, -0.05) is 23.2 Å². The molecule has 3 N–H and O–H groups in total. The van der Waals surface area contributed by atoms with E-state index in [0.717, 1.165) is 12.1 Å². The van der Waals surface area contributed by atoms with Crippen LogP contribution < -0.4 is 11.1 Å². The summed E-state index contributed by atoms with van der Waals surface area (Å²) < 4.78 is 37.5. The van der Waals surface area contributed by atoms with Crippen LogP contribution in [0.15, 0.2) is 24.5 Å². The first-order chi connectivity index (χ1) is 9.29. The Morgan fingerprint density at radius 1 is 1.15 bits per heavy atom. The summed E-state index contributed by atoms with van der Waals surface area (Å²) in [5, 5.41) is 2.62. The van der Waals surface area contributed by atoms with Crippen molar-refractivity contribution in [2.24, 2.45) is 0 Å². The molecule has 0 atom stereocenters. The lowest BCUT2D eigenvalue weighted by Crippen LogP contribution is -2.06. The van der Waals surface area contributed by atoms with E-state index in [-0.39, 0.29) is 27.4 Å². The van der Waals surface area contributed by atoms with Crippen LogP contribution in [0.1, 0.15) is 5.56 Å². The van der Waals surface area contributed by atoms with Gasteiger partial charge in [-0.25, -0.2) is 9.97 Å². The molecular weight excluding hydrogens is 316 g/mol. The molecule has 0 aliphatic heterocycles. The van der Waals surface area contributed by atoms with Crippen molar-refractivity contribution in [1.82, 2.24) is 9.97 Å². The van der Waals surface area contributed by atoms with Crippen LogP contribution in [0.25, 0.3) is 0 Å². The second-order valence-electron chi connectivity index (χ2n) is 3.74. The molecule has 1 aromatic heterocycles. The van der Waals surface area contributed by atoms with Crippen molar-refractivity contribution >= 4 is 40.4 Å². The van der Waals surface area contributed by atoms with Crippen LogP contribution >= 0.6 is 23.2 Å². The molecule has 0 aliphatic carbocycles. The lowest BCUT2D eigenvalue weighted by molar-refractivity contribution is -0.137. The van der Waals surface area contributed by atoms with E-state index in [2.05, 4.69) is 15.3 Å². The molecule has 4 nitrogen and oxygen atoms in total. The molecule has 0 fully saturated rings. The summed E-state index contributed by atoms with van der Waals surface area (Å²) in [6.07, 6.45) is -3.29. The summed E-state index contributed by atoms with van der Waals surface area (Å²) in [4.78, 5) is 7.49. The zero-order valence-electron chi connectivity index (χ0n) is 9.67. The zero-order valence-corrected chi connectivity index (χ0v) is 11.2. The maximum atomic E-state index is 12.5. The first kappa shape index (κ1) is 14.7. The average Bonchev–Trinajstić information content (AvgIpc) is 2.36. The second-order valence-corrected chi connectivity index (χ2v) is 4.51. The quantitative estimate of drug-likeness (QED) is 0.816. The van der Waals surface area contributed by atoms with Crippen molar-refractivity contribution in [3.63, 3.8) is 0 Å². The smallest absolute Gasteiger partial charge is 0.393 e. The largest absolute Gasteiger partial charge is 0.416 e. The van der Waals surface area contributed by atoms with Crippen LogP contribution in [-0.2, 0) is 6.18 Å². The number of benzene rings is 1. The first-order valence-electron chi connectivity index (χ1n) is 5.19. The lowest BCUT2D eigenvalue weighted by Gasteiger charge is -2.12. The van der Waals surface area contributed by atoms with E-state index in [9.17, 15) is 13.2 Å². The third-order valence-corrected chi connectivity index (χ3v) is 3.00. The minimum absolute atomic E-state index is 0.0329. The fraction of sp³-hybridized carbons (Fsp3) is 0.0909. The number of nitrogens with one attached hydrogen (secondary N) is 1. The maximum Gasteiger partial charge on any atom is 0.416 e. The summed E-state index contributed by atoms with van der Waals surface area (Å²) in [7, 11) is 0. The molecule has 0 bridgehead atoms. The topological polar surface area (TPSA) is 63.8 Å². The fourth-order valence-corrected chi connectivity index (χ4v) is 1.75. The third-order valence-electron chi connectivity index (χ3n) is 2.38. The number of hydrogen-bond donors (Lipinski definition) is 2. The Labute approximate surface area is 121 Å². The van der Waals surface area contributed by atoms with Crippen molar-refractivity contribution in [3.8, 4) is 0 Å². The van der Waals surface area contributed by atoms with Crippen molar-refractivity contribution < 1.29 is 13.2 Å². The van der Waals surface area contributed by atoms with Gasteiger partial charge in [0.25, 0.3) is 0 Å². The van der Waals surface area contributed by atoms with Gasteiger partial charge in [-0.05, 0) is 18.2 Å². The molecule has 0 radical (unpaired) electrons. The van der Waals surface area contributed by atoms with Crippen LogP contribution in [0.3, 0.4) is 0 Å². The molecule has 9 heteroatoms. The Morgan fingerprint density at radius 2 is 1.85 bits per heavy atom. The Kier molecular flexibility index (Phi) is 3.92. The molecule has 0 spiro atoms. The molecule has 2 rings (SSSR count). The number of alkyl halides is 3. The number of nitrogens with zero attached hydrogens (tertiary/aromatic N) is 2. The van der Waals surface area contributed by atoms with Gasteiger partial charge in [0.05, 0.1) is 16.3 Å². The van der Waals surface area contributed by atoms with Crippen LogP contribution in [-0.4, -0.2) is 9.97 Å². The Balaban J connectivity index is 2.33. The summed E-state index contributed by atoms with van der Waals surface area (Å²) in [6, 6.07) is 2.89. The molecule has 1 heterocycles. The number of anilines is 3. The van der Waals surface area contributed by atoms with E-state index < -0.39 is 11.7 Å². The van der Waals surface area contributed by atoms with Crippen molar-refractivity contribution in [2.45, 2.75) is 6.18 Å². The second kappa shape index (κ2) is 5.34. The molecule has 0 saturated carbocycles. The van der Waals surface area contributed by atoms with Crippen LogP contribution in [0.4, 0.5) is 30.4 Å². The number of nitrogen functional groups attached to an aromatic ring is 1.